The van der Waals surface area contributed by atoms with Gasteiger partial charge in [-0.05, 0) is 19.3 Å². The van der Waals surface area contributed by atoms with Crippen LogP contribution in [0.25, 0.3) is 0 Å². The van der Waals surface area contributed by atoms with E-state index < -0.39 is 0 Å². The fourth-order valence-electron chi connectivity index (χ4n) is 2.20. The number of piperazine rings is 1. The Morgan fingerprint density at radius 2 is 1.88 bits per heavy atom. The summed E-state index contributed by atoms with van der Waals surface area (Å²) in [6.07, 6.45) is 2.98. The SMILES string of the molecule is CCC(CC)(CC)NC(=O)C1CNCCN1. The Kier molecular flexibility index (Phi) is 5.22. The van der Waals surface area contributed by atoms with Crippen molar-refractivity contribution in [1.82, 2.24) is 16.0 Å². The van der Waals surface area contributed by atoms with Crippen LogP contribution in [0.5, 0.6) is 0 Å². The van der Waals surface area contributed by atoms with Crippen LogP contribution in [0.2, 0.25) is 0 Å². The number of carbonyl (C=O) groups is 1. The van der Waals surface area contributed by atoms with E-state index in [1.165, 1.54) is 0 Å². The molecule has 1 aliphatic rings. The van der Waals surface area contributed by atoms with Crippen LogP contribution in [0.4, 0.5) is 0 Å². The van der Waals surface area contributed by atoms with Crippen LogP contribution in [0.1, 0.15) is 40.0 Å². The highest BCUT2D eigenvalue weighted by molar-refractivity contribution is 5.82. The molecular weight excluding hydrogens is 202 g/mol. The molecule has 0 radical (unpaired) electrons. The van der Waals surface area contributed by atoms with Gasteiger partial charge in [-0.3, -0.25) is 4.79 Å². The molecule has 0 spiro atoms. The van der Waals surface area contributed by atoms with Crippen molar-refractivity contribution < 1.29 is 4.79 Å². The van der Waals surface area contributed by atoms with E-state index in [0.29, 0.717) is 0 Å². The fourth-order valence-corrected chi connectivity index (χ4v) is 2.20. The molecule has 1 aliphatic heterocycles. The molecule has 3 N–H and O–H groups in total. The molecule has 0 aromatic carbocycles. The van der Waals surface area contributed by atoms with Gasteiger partial charge in [-0.2, -0.15) is 0 Å². The van der Waals surface area contributed by atoms with Gasteiger partial charge in [-0.1, -0.05) is 20.8 Å². The maximum atomic E-state index is 12.1. The minimum Gasteiger partial charge on any atom is -0.349 e. The smallest absolute Gasteiger partial charge is 0.238 e. The van der Waals surface area contributed by atoms with Crippen molar-refractivity contribution in [3.8, 4) is 0 Å². The lowest BCUT2D eigenvalue weighted by Gasteiger charge is -2.34. The summed E-state index contributed by atoms with van der Waals surface area (Å²) in [6, 6.07) is -0.0715. The first-order chi connectivity index (χ1) is 7.67. The summed E-state index contributed by atoms with van der Waals surface area (Å²) < 4.78 is 0. The Hall–Kier alpha value is -0.610. The van der Waals surface area contributed by atoms with Crippen molar-refractivity contribution in [2.45, 2.75) is 51.6 Å². The molecule has 1 saturated heterocycles. The molecular formula is C12H25N3O. The second-order valence-corrected chi connectivity index (χ2v) is 4.54. The molecule has 1 unspecified atom stereocenters. The summed E-state index contributed by atoms with van der Waals surface area (Å²) in [5.41, 5.74) is -0.0176. The number of amides is 1. The van der Waals surface area contributed by atoms with Gasteiger partial charge in [0.25, 0.3) is 0 Å². The van der Waals surface area contributed by atoms with Crippen molar-refractivity contribution in [1.29, 1.82) is 0 Å². The first-order valence-corrected chi connectivity index (χ1v) is 6.43. The largest absolute Gasteiger partial charge is 0.349 e. The number of hydrogen-bond acceptors (Lipinski definition) is 3. The van der Waals surface area contributed by atoms with Gasteiger partial charge in [0.2, 0.25) is 5.91 Å². The summed E-state index contributed by atoms with van der Waals surface area (Å²) in [7, 11) is 0. The number of nitrogens with one attached hydrogen (secondary N) is 3. The average molecular weight is 227 g/mol. The van der Waals surface area contributed by atoms with Crippen LogP contribution in [0, 0.1) is 0 Å². The van der Waals surface area contributed by atoms with Gasteiger partial charge in [0.15, 0.2) is 0 Å². The lowest BCUT2D eigenvalue weighted by Crippen LogP contribution is -2.59. The van der Waals surface area contributed by atoms with Crippen molar-refractivity contribution in [3.05, 3.63) is 0 Å². The first-order valence-electron chi connectivity index (χ1n) is 6.43. The predicted octanol–water partition coefficient (Wildman–Crippen LogP) is 0.633. The minimum atomic E-state index is -0.0715. The Morgan fingerprint density at radius 1 is 1.25 bits per heavy atom. The monoisotopic (exact) mass is 227 g/mol. The third-order valence-electron chi connectivity index (χ3n) is 3.78. The van der Waals surface area contributed by atoms with Gasteiger partial charge >= 0.3 is 0 Å². The quantitative estimate of drug-likeness (QED) is 0.646. The van der Waals surface area contributed by atoms with E-state index in [1.54, 1.807) is 0 Å². The second kappa shape index (κ2) is 6.21. The van der Waals surface area contributed by atoms with E-state index in [1.807, 2.05) is 0 Å². The molecule has 1 fully saturated rings. The van der Waals surface area contributed by atoms with Crippen molar-refractivity contribution in [2.75, 3.05) is 19.6 Å². The first kappa shape index (κ1) is 13.5. The summed E-state index contributed by atoms with van der Waals surface area (Å²) in [5.74, 6) is 0.137. The molecule has 0 saturated carbocycles. The zero-order valence-electron chi connectivity index (χ0n) is 10.7. The third-order valence-corrected chi connectivity index (χ3v) is 3.78. The van der Waals surface area contributed by atoms with Gasteiger partial charge in [0.05, 0.1) is 6.04 Å². The van der Waals surface area contributed by atoms with E-state index >= 15 is 0 Å². The van der Waals surface area contributed by atoms with Crippen molar-refractivity contribution in [3.63, 3.8) is 0 Å². The van der Waals surface area contributed by atoms with Crippen LogP contribution in [0.3, 0.4) is 0 Å². The lowest BCUT2D eigenvalue weighted by molar-refractivity contribution is -0.125. The highest BCUT2D eigenvalue weighted by atomic mass is 16.2. The molecule has 0 bridgehead atoms. The third kappa shape index (κ3) is 3.19. The van der Waals surface area contributed by atoms with Crippen LogP contribution in [0.15, 0.2) is 0 Å². The van der Waals surface area contributed by atoms with E-state index in [4.69, 9.17) is 0 Å². The molecule has 16 heavy (non-hydrogen) atoms. The maximum absolute atomic E-state index is 12.1. The molecule has 4 heteroatoms. The topological polar surface area (TPSA) is 53.2 Å². The zero-order chi connectivity index (χ0) is 12.0. The van der Waals surface area contributed by atoms with Crippen molar-refractivity contribution >= 4 is 5.91 Å². The van der Waals surface area contributed by atoms with Crippen LogP contribution in [-0.4, -0.2) is 37.1 Å². The Bertz CT molecular complexity index is 212. The van der Waals surface area contributed by atoms with Crippen molar-refractivity contribution in [2.24, 2.45) is 0 Å². The summed E-state index contributed by atoms with van der Waals surface area (Å²) in [6.45, 7) is 8.97. The van der Waals surface area contributed by atoms with Crippen LogP contribution in [-0.2, 0) is 4.79 Å². The summed E-state index contributed by atoms with van der Waals surface area (Å²) in [5, 5.41) is 9.68. The number of rotatable bonds is 5. The average Bonchev–Trinajstić information content (AvgIpc) is 2.37. The zero-order valence-corrected chi connectivity index (χ0v) is 10.7. The summed E-state index contributed by atoms with van der Waals surface area (Å²) in [4.78, 5) is 12.1. The lowest BCUT2D eigenvalue weighted by atomic mass is 9.89. The normalized spacial score (nSPS) is 21.8. The van der Waals surface area contributed by atoms with Gasteiger partial charge in [-0.25, -0.2) is 0 Å². The molecule has 1 rings (SSSR count). The van der Waals surface area contributed by atoms with Crippen LogP contribution < -0.4 is 16.0 Å². The molecule has 0 aliphatic carbocycles. The number of carbonyl (C=O) groups excluding carboxylic acids is 1. The molecule has 4 nitrogen and oxygen atoms in total. The van der Waals surface area contributed by atoms with Gasteiger partial charge < -0.3 is 16.0 Å². The molecule has 0 aromatic rings. The fraction of sp³-hybridized carbons (Fsp3) is 0.917. The molecule has 1 heterocycles. The predicted molar refractivity (Wildman–Crippen MR) is 66.4 cm³/mol. The van der Waals surface area contributed by atoms with E-state index in [2.05, 4.69) is 36.7 Å². The molecule has 1 atom stereocenters. The van der Waals surface area contributed by atoms with Crippen LogP contribution >= 0.6 is 0 Å². The van der Waals surface area contributed by atoms with Gasteiger partial charge in [0.1, 0.15) is 0 Å². The van der Waals surface area contributed by atoms with E-state index in [0.717, 1.165) is 38.9 Å². The molecule has 0 aromatic heterocycles. The standard InChI is InChI=1S/C12H25N3O/c1-4-12(5-2,6-3)15-11(16)10-9-13-7-8-14-10/h10,13-14H,4-9H2,1-3H3,(H,15,16). The highest BCUT2D eigenvalue weighted by Crippen LogP contribution is 2.19. The van der Waals surface area contributed by atoms with Gasteiger partial charge in [-0.15, -0.1) is 0 Å². The molecule has 94 valence electrons. The maximum Gasteiger partial charge on any atom is 0.238 e. The number of hydrogen-bond donors (Lipinski definition) is 3. The second-order valence-electron chi connectivity index (χ2n) is 4.54. The van der Waals surface area contributed by atoms with Gasteiger partial charge in [0, 0.05) is 25.2 Å². The Labute approximate surface area is 98.6 Å². The Morgan fingerprint density at radius 3 is 2.31 bits per heavy atom. The highest BCUT2D eigenvalue weighted by Gasteiger charge is 2.29. The summed E-state index contributed by atoms with van der Waals surface area (Å²) >= 11 is 0. The van der Waals surface area contributed by atoms with E-state index in [9.17, 15) is 4.79 Å². The molecule has 1 amide bonds. The van der Waals surface area contributed by atoms with E-state index in [-0.39, 0.29) is 17.5 Å². The minimum absolute atomic E-state index is 0.0176. The Balaban J connectivity index is 2.53.